The van der Waals surface area contributed by atoms with Gasteiger partial charge in [0.05, 0.1) is 22.6 Å². The molecule has 272 valence electrons. The first-order valence-electron chi connectivity index (χ1n) is 19.1. The first-order chi connectivity index (χ1) is 28.7. The van der Waals surface area contributed by atoms with Crippen molar-refractivity contribution in [2.75, 3.05) is 0 Å². The van der Waals surface area contributed by atoms with E-state index >= 15 is 0 Å². The number of nitrogens with zero attached hydrogens (tertiary/aromatic N) is 7. The Morgan fingerprint density at radius 3 is 1.24 bits per heavy atom. The third kappa shape index (κ3) is 7.00. The van der Waals surface area contributed by atoms with Crippen LogP contribution >= 0.6 is 0 Å². The zero-order valence-electron chi connectivity index (χ0n) is 31.2. The minimum atomic E-state index is 0.449. The average Bonchev–Trinajstić information content (AvgIpc) is 3.32. The maximum Gasteiger partial charge on any atom is 0.198 e. The van der Waals surface area contributed by atoms with Crippen molar-refractivity contribution in [2.45, 2.75) is 0 Å². The van der Waals surface area contributed by atoms with Crippen LogP contribution in [0.5, 0.6) is 0 Å². The molecule has 7 nitrogen and oxygen atoms in total. The molecule has 0 aliphatic heterocycles. The van der Waals surface area contributed by atoms with Gasteiger partial charge in [-0.05, 0) is 35.4 Å². The predicted octanol–water partition coefficient (Wildman–Crippen LogP) is 11.9. The summed E-state index contributed by atoms with van der Waals surface area (Å²) in [7, 11) is 0. The molecule has 10 aromatic rings. The van der Waals surface area contributed by atoms with E-state index in [0.717, 1.165) is 72.5 Å². The Labute approximate surface area is 335 Å². The highest BCUT2D eigenvalue weighted by Gasteiger charge is 2.18. The van der Waals surface area contributed by atoms with Crippen molar-refractivity contribution in [3.8, 4) is 90.7 Å². The molecule has 0 aliphatic rings. The number of aromatic nitrogens is 7. The lowest BCUT2D eigenvalue weighted by atomic mass is 9.99. The third-order valence-corrected chi connectivity index (χ3v) is 9.96. The van der Waals surface area contributed by atoms with Crippen molar-refractivity contribution in [3.63, 3.8) is 0 Å². The van der Waals surface area contributed by atoms with Crippen molar-refractivity contribution in [2.24, 2.45) is 0 Å². The summed E-state index contributed by atoms with van der Waals surface area (Å²) < 4.78 is 0. The lowest BCUT2D eigenvalue weighted by Gasteiger charge is -2.12. The van der Waals surface area contributed by atoms with Crippen LogP contribution in [0.15, 0.2) is 200 Å². The molecular formula is C51H33N7. The van der Waals surface area contributed by atoms with Gasteiger partial charge in [-0.15, -0.1) is 0 Å². The van der Waals surface area contributed by atoms with Crippen molar-refractivity contribution >= 4 is 10.9 Å². The molecule has 3 heterocycles. The smallest absolute Gasteiger partial charge is 0.198 e. The molecule has 0 fully saturated rings. The van der Waals surface area contributed by atoms with Crippen LogP contribution in [-0.2, 0) is 0 Å². The lowest BCUT2D eigenvalue weighted by Crippen LogP contribution is -2.01. The summed E-state index contributed by atoms with van der Waals surface area (Å²) in [6, 6.07) is 67.2. The summed E-state index contributed by atoms with van der Waals surface area (Å²) in [5.74, 6) is 2.75. The fourth-order valence-corrected chi connectivity index (χ4v) is 7.08. The summed E-state index contributed by atoms with van der Waals surface area (Å²) in [6.45, 7) is 0. The summed E-state index contributed by atoms with van der Waals surface area (Å²) in [6.07, 6.45) is 0. The maximum atomic E-state index is 5.15. The number of para-hydroxylation sites is 1. The molecule has 0 saturated heterocycles. The van der Waals surface area contributed by atoms with Crippen LogP contribution in [0.25, 0.3) is 102 Å². The van der Waals surface area contributed by atoms with E-state index in [-0.39, 0.29) is 0 Å². The van der Waals surface area contributed by atoms with E-state index in [1.54, 1.807) is 0 Å². The number of fused-ring (bicyclic) bond motifs is 1. The number of hydrogen-bond donors (Lipinski definition) is 0. The molecule has 0 radical (unpaired) electrons. The molecule has 0 unspecified atom stereocenters. The van der Waals surface area contributed by atoms with Gasteiger partial charge in [0, 0.05) is 38.8 Å². The largest absolute Gasteiger partial charge is 0.225 e. The summed E-state index contributed by atoms with van der Waals surface area (Å²) in [5, 5.41) is 0.969. The SMILES string of the molecule is c1ccc(-c2cc(-c3cccc(-c4cccc(-c5nc(-c6ccccc6)nc(-c6ccccc6)n5)c4)c3)nc(-c3nc(-c4ccccc4)c4ccccc4n3)n2)cc1. The Morgan fingerprint density at radius 2 is 0.638 bits per heavy atom. The van der Waals surface area contributed by atoms with Crippen molar-refractivity contribution in [3.05, 3.63) is 200 Å². The van der Waals surface area contributed by atoms with E-state index in [2.05, 4.69) is 66.7 Å². The van der Waals surface area contributed by atoms with Crippen molar-refractivity contribution < 1.29 is 0 Å². The second kappa shape index (κ2) is 15.2. The molecule has 0 amide bonds. The van der Waals surface area contributed by atoms with Gasteiger partial charge in [0.1, 0.15) is 0 Å². The molecule has 0 saturated carbocycles. The van der Waals surface area contributed by atoms with Crippen molar-refractivity contribution in [1.82, 2.24) is 34.9 Å². The van der Waals surface area contributed by atoms with Crippen LogP contribution < -0.4 is 0 Å². The van der Waals surface area contributed by atoms with Gasteiger partial charge in [0.15, 0.2) is 29.1 Å². The fourth-order valence-electron chi connectivity index (χ4n) is 7.08. The third-order valence-electron chi connectivity index (χ3n) is 9.96. The normalized spacial score (nSPS) is 11.1. The number of hydrogen-bond acceptors (Lipinski definition) is 7. The first-order valence-corrected chi connectivity index (χ1v) is 19.1. The summed E-state index contributed by atoms with van der Waals surface area (Å²) in [4.78, 5) is 35.2. The van der Waals surface area contributed by atoms with Crippen LogP contribution in [-0.4, -0.2) is 34.9 Å². The van der Waals surface area contributed by atoms with Gasteiger partial charge in [-0.2, -0.15) is 0 Å². The molecule has 0 bridgehead atoms. The van der Waals surface area contributed by atoms with Gasteiger partial charge in [0.2, 0.25) is 0 Å². The quantitative estimate of drug-likeness (QED) is 0.153. The molecular weight excluding hydrogens is 711 g/mol. The number of rotatable bonds is 8. The van der Waals surface area contributed by atoms with Gasteiger partial charge in [-0.1, -0.05) is 176 Å². The van der Waals surface area contributed by atoms with Gasteiger partial charge < -0.3 is 0 Å². The lowest BCUT2D eigenvalue weighted by molar-refractivity contribution is 1.07. The second-order valence-electron chi connectivity index (χ2n) is 13.8. The van der Waals surface area contributed by atoms with Crippen LogP contribution in [0, 0.1) is 0 Å². The van der Waals surface area contributed by atoms with Crippen molar-refractivity contribution in [1.29, 1.82) is 0 Å². The zero-order chi connectivity index (χ0) is 38.7. The molecule has 0 N–H and O–H groups in total. The molecule has 0 spiro atoms. The predicted molar refractivity (Wildman–Crippen MR) is 232 cm³/mol. The molecule has 58 heavy (non-hydrogen) atoms. The Balaban J connectivity index is 1.08. The highest BCUT2D eigenvalue weighted by Crippen LogP contribution is 2.34. The van der Waals surface area contributed by atoms with E-state index in [0.29, 0.717) is 29.1 Å². The molecule has 7 aromatic carbocycles. The van der Waals surface area contributed by atoms with E-state index < -0.39 is 0 Å². The van der Waals surface area contributed by atoms with Crippen LogP contribution in [0.2, 0.25) is 0 Å². The summed E-state index contributed by atoms with van der Waals surface area (Å²) in [5.41, 5.74) is 10.9. The topological polar surface area (TPSA) is 90.2 Å². The first kappa shape index (κ1) is 34.5. The van der Waals surface area contributed by atoms with Crippen LogP contribution in [0.1, 0.15) is 0 Å². The van der Waals surface area contributed by atoms with Crippen LogP contribution in [0.4, 0.5) is 0 Å². The average molecular weight is 744 g/mol. The van der Waals surface area contributed by atoms with Gasteiger partial charge in [-0.25, -0.2) is 34.9 Å². The van der Waals surface area contributed by atoms with E-state index in [1.807, 2.05) is 133 Å². The zero-order valence-corrected chi connectivity index (χ0v) is 31.2. The second-order valence-corrected chi connectivity index (χ2v) is 13.8. The molecule has 3 aromatic heterocycles. The van der Waals surface area contributed by atoms with Gasteiger partial charge in [-0.3, -0.25) is 0 Å². The van der Waals surface area contributed by atoms with Gasteiger partial charge in [0.25, 0.3) is 0 Å². The molecule has 0 atom stereocenters. The Kier molecular flexibility index (Phi) is 9.06. The molecule has 7 heteroatoms. The summed E-state index contributed by atoms with van der Waals surface area (Å²) >= 11 is 0. The molecule has 10 rings (SSSR count). The Hall–Kier alpha value is -8.03. The Morgan fingerprint density at radius 1 is 0.224 bits per heavy atom. The van der Waals surface area contributed by atoms with E-state index in [9.17, 15) is 0 Å². The highest BCUT2D eigenvalue weighted by molar-refractivity contribution is 5.93. The minimum Gasteiger partial charge on any atom is -0.225 e. The van der Waals surface area contributed by atoms with Gasteiger partial charge >= 0.3 is 0 Å². The Bertz CT molecular complexity index is 2990. The minimum absolute atomic E-state index is 0.449. The number of benzene rings is 7. The molecule has 0 aliphatic carbocycles. The monoisotopic (exact) mass is 743 g/mol. The fraction of sp³-hybridized carbons (Fsp3) is 0. The maximum absolute atomic E-state index is 5.15. The van der Waals surface area contributed by atoms with E-state index in [1.165, 1.54) is 0 Å². The van der Waals surface area contributed by atoms with E-state index in [4.69, 9.17) is 34.9 Å². The van der Waals surface area contributed by atoms with Crippen LogP contribution in [0.3, 0.4) is 0 Å². The standard InChI is InChI=1S/C51H33N7/c1-5-17-34(18-6-1)44-33-45(54-50(53-44)51-52-43-30-14-13-29-42(43)46(55-51)35-19-7-2-8-20-35)40-27-15-25-38(31-40)39-26-16-28-41(32-39)49-57-47(36-21-9-3-10-22-36)56-48(58-49)37-23-11-4-12-24-37/h1-33H. The highest BCUT2D eigenvalue weighted by atomic mass is 15.0.